The highest BCUT2D eigenvalue weighted by Crippen LogP contribution is 2.14. The Bertz CT molecular complexity index is 643. The fourth-order valence-electron chi connectivity index (χ4n) is 1.37. The molecule has 0 atom stereocenters. The molecule has 2 rings (SSSR count). The lowest BCUT2D eigenvalue weighted by molar-refractivity contribution is 0.105. The van der Waals surface area contributed by atoms with Crippen LogP contribution in [0.15, 0.2) is 39.4 Å². The number of thiol groups is 1. The molecule has 0 radical (unpaired) electrons. The van der Waals surface area contributed by atoms with E-state index < -0.39 is 17.3 Å². The van der Waals surface area contributed by atoms with Gasteiger partial charge < -0.3 is 0 Å². The van der Waals surface area contributed by atoms with E-state index in [0.717, 1.165) is 0 Å². The molecule has 0 aliphatic rings. The Hall–Kier alpha value is -1.57. The first-order chi connectivity index (χ1) is 9.15. The molecule has 0 unspecified atom stereocenters. The first kappa shape index (κ1) is 13.9. The lowest BCUT2D eigenvalue weighted by Crippen LogP contribution is -2.29. The summed E-state index contributed by atoms with van der Waals surface area (Å²) in [4.78, 5) is 24.9. The molecule has 19 heavy (non-hydrogen) atoms. The number of nitrogens with zero attached hydrogens (tertiary/aromatic N) is 1. The van der Waals surface area contributed by atoms with Gasteiger partial charge in [-0.1, -0.05) is 12.1 Å². The molecule has 0 amide bonds. The summed E-state index contributed by atoms with van der Waals surface area (Å²) >= 11 is 6.15. The number of ketones is 2. The monoisotopic (exact) mass is 308 g/mol. The summed E-state index contributed by atoms with van der Waals surface area (Å²) in [6.07, 6.45) is 0. The summed E-state index contributed by atoms with van der Waals surface area (Å²) < 4.78 is 3.50. The minimum absolute atomic E-state index is 0.232. The SMILES string of the molecule is N=C(C(=O)c1cccs1)/C(=N\S)C(=O)c1cccs1. The second-order valence-corrected chi connectivity index (χ2v) is 5.53. The first-order valence-electron chi connectivity index (χ1n) is 5.12. The normalized spacial score (nSPS) is 11.3. The van der Waals surface area contributed by atoms with Crippen molar-refractivity contribution < 1.29 is 9.59 Å². The van der Waals surface area contributed by atoms with Gasteiger partial charge in [0.1, 0.15) is 11.4 Å². The van der Waals surface area contributed by atoms with Crippen LogP contribution in [0.5, 0.6) is 0 Å². The lowest BCUT2D eigenvalue weighted by Gasteiger charge is -2.02. The third-order valence-corrected chi connectivity index (χ3v) is 4.21. The van der Waals surface area contributed by atoms with E-state index in [4.69, 9.17) is 5.41 Å². The molecule has 2 aromatic heterocycles. The molecule has 0 bridgehead atoms. The molecule has 0 aliphatic heterocycles. The lowest BCUT2D eigenvalue weighted by atomic mass is 10.1. The number of carbonyl (C=O) groups excluding carboxylic acids is 2. The summed E-state index contributed by atoms with van der Waals surface area (Å²) in [5, 5.41) is 11.3. The number of Topliss-reactive ketones (excluding diaryl/α,β-unsaturated/α-hetero) is 2. The topological polar surface area (TPSA) is 70.3 Å². The number of carbonyl (C=O) groups is 2. The number of thiophene rings is 2. The Morgan fingerprint density at radius 2 is 1.58 bits per heavy atom. The Kier molecular flexibility index (Phi) is 4.41. The Morgan fingerprint density at radius 3 is 2.00 bits per heavy atom. The standard InChI is InChI=1S/C12H8N2O2S3/c13-9(11(15)7-3-1-5-18-7)10(14-17)12(16)8-4-2-6-19-8/h1-6,13,17H/b13-9?,14-10+. The number of rotatable bonds is 5. The Labute approximate surface area is 122 Å². The van der Waals surface area contributed by atoms with Crippen LogP contribution in [0.4, 0.5) is 0 Å². The van der Waals surface area contributed by atoms with Gasteiger partial charge in [0.2, 0.25) is 11.6 Å². The summed E-state index contributed by atoms with van der Waals surface area (Å²) in [5.74, 6) is -0.979. The maximum atomic E-state index is 12.1. The summed E-state index contributed by atoms with van der Waals surface area (Å²) in [6, 6.07) is 6.66. The highest BCUT2D eigenvalue weighted by atomic mass is 32.1. The van der Waals surface area contributed by atoms with Gasteiger partial charge in [0, 0.05) is 0 Å². The van der Waals surface area contributed by atoms with E-state index in [0.29, 0.717) is 9.75 Å². The van der Waals surface area contributed by atoms with Gasteiger partial charge in [-0.15, -0.1) is 22.7 Å². The van der Waals surface area contributed by atoms with Crippen LogP contribution >= 0.6 is 35.5 Å². The van der Waals surface area contributed by atoms with Crippen molar-refractivity contribution in [3.8, 4) is 0 Å². The molecule has 1 N–H and O–H groups in total. The predicted molar refractivity (Wildman–Crippen MR) is 81.4 cm³/mol. The van der Waals surface area contributed by atoms with Crippen LogP contribution < -0.4 is 0 Å². The molecule has 0 aromatic carbocycles. The molecular formula is C12H8N2O2S3. The molecular weight excluding hydrogens is 300 g/mol. The Balaban J connectivity index is 2.26. The van der Waals surface area contributed by atoms with E-state index >= 15 is 0 Å². The van der Waals surface area contributed by atoms with Gasteiger partial charge in [-0.25, -0.2) is 4.40 Å². The van der Waals surface area contributed by atoms with Gasteiger partial charge in [-0.2, -0.15) is 0 Å². The van der Waals surface area contributed by atoms with E-state index in [2.05, 4.69) is 17.2 Å². The summed E-state index contributed by atoms with van der Waals surface area (Å²) in [6.45, 7) is 0. The minimum Gasteiger partial charge on any atom is -0.295 e. The average Bonchev–Trinajstić information content (AvgIpc) is 3.11. The van der Waals surface area contributed by atoms with E-state index in [-0.39, 0.29) is 5.71 Å². The van der Waals surface area contributed by atoms with Crippen LogP contribution in [0, 0.1) is 5.41 Å². The highest BCUT2D eigenvalue weighted by Gasteiger charge is 2.25. The van der Waals surface area contributed by atoms with E-state index in [1.165, 1.54) is 22.7 Å². The Morgan fingerprint density at radius 1 is 1.05 bits per heavy atom. The van der Waals surface area contributed by atoms with Gasteiger partial charge in [0.15, 0.2) is 0 Å². The van der Waals surface area contributed by atoms with Crippen molar-refractivity contribution in [1.29, 1.82) is 5.41 Å². The van der Waals surface area contributed by atoms with Gasteiger partial charge in [-0.05, 0) is 35.7 Å². The van der Waals surface area contributed by atoms with Gasteiger partial charge >= 0.3 is 0 Å². The molecule has 0 aliphatic carbocycles. The molecule has 2 heterocycles. The molecule has 0 saturated carbocycles. The zero-order valence-electron chi connectivity index (χ0n) is 9.49. The maximum Gasteiger partial charge on any atom is 0.224 e. The van der Waals surface area contributed by atoms with E-state index in [9.17, 15) is 9.59 Å². The van der Waals surface area contributed by atoms with E-state index in [1.54, 1.807) is 35.0 Å². The predicted octanol–water partition coefficient (Wildman–Crippen LogP) is 3.18. The summed E-state index contributed by atoms with van der Waals surface area (Å²) in [7, 11) is 0. The summed E-state index contributed by atoms with van der Waals surface area (Å²) in [5.41, 5.74) is -0.667. The van der Waals surface area contributed by atoms with Crippen molar-refractivity contribution in [3.63, 3.8) is 0 Å². The van der Waals surface area contributed by atoms with Crippen molar-refractivity contribution >= 4 is 58.5 Å². The molecule has 7 heteroatoms. The van der Waals surface area contributed by atoms with Crippen LogP contribution in [0.25, 0.3) is 0 Å². The largest absolute Gasteiger partial charge is 0.295 e. The zero-order valence-corrected chi connectivity index (χ0v) is 12.0. The highest BCUT2D eigenvalue weighted by molar-refractivity contribution is 7.79. The molecule has 96 valence electrons. The third-order valence-electron chi connectivity index (χ3n) is 2.27. The second kappa shape index (κ2) is 6.05. The van der Waals surface area contributed by atoms with Gasteiger partial charge in [0.05, 0.1) is 9.75 Å². The van der Waals surface area contributed by atoms with Crippen molar-refractivity contribution in [2.45, 2.75) is 0 Å². The smallest absolute Gasteiger partial charge is 0.224 e. The third kappa shape index (κ3) is 2.89. The average molecular weight is 308 g/mol. The fourth-order valence-corrected chi connectivity index (χ4v) is 2.90. The van der Waals surface area contributed by atoms with Crippen molar-refractivity contribution in [2.75, 3.05) is 0 Å². The molecule has 0 spiro atoms. The van der Waals surface area contributed by atoms with Crippen LogP contribution in [-0.4, -0.2) is 23.0 Å². The van der Waals surface area contributed by atoms with Crippen LogP contribution in [0.3, 0.4) is 0 Å². The van der Waals surface area contributed by atoms with Gasteiger partial charge in [0.25, 0.3) is 0 Å². The van der Waals surface area contributed by atoms with Gasteiger partial charge in [-0.3, -0.25) is 15.0 Å². The fraction of sp³-hybridized carbons (Fsp3) is 0. The number of hydrogen-bond acceptors (Lipinski definition) is 7. The minimum atomic E-state index is -0.521. The van der Waals surface area contributed by atoms with Crippen LogP contribution in [-0.2, 0) is 0 Å². The molecule has 0 saturated heterocycles. The molecule has 4 nitrogen and oxygen atoms in total. The van der Waals surface area contributed by atoms with Crippen molar-refractivity contribution in [3.05, 3.63) is 44.8 Å². The van der Waals surface area contributed by atoms with Crippen LogP contribution in [0.1, 0.15) is 19.3 Å². The number of hydrogen-bond donors (Lipinski definition) is 2. The van der Waals surface area contributed by atoms with Crippen LogP contribution in [0.2, 0.25) is 0 Å². The van der Waals surface area contributed by atoms with Crippen molar-refractivity contribution in [1.82, 2.24) is 0 Å². The molecule has 0 fully saturated rings. The first-order valence-corrected chi connectivity index (χ1v) is 7.28. The quantitative estimate of drug-likeness (QED) is 0.506. The molecule has 2 aromatic rings. The van der Waals surface area contributed by atoms with E-state index in [1.807, 2.05) is 0 Å². The van der Waals surface area contributed by atoms with Crippen molar-refractivity contribution in [2.24, 2.45) is 4.40 Å². The maximum absolute atomic E-state index is 12.1. The number of nitrogens with one attached hydrogen (secondary N) is 1. The zero-order chi connectivity index (χ0) is 13.8. The second-order valence-electron chi connectivity index (χ2n) is 3.44.